The molecule has 0 aliphatic rings. The number of carbonyl (C=O) groups is 1. The molecule has 7 heteroatoms. The fraction of sp³-hybridized carbons (Fsp3) is 0.100. The predicted molar refractivity (Wildman–Crippen MR) is 69.9 cm³/mol. The van der Waals surface area contributed by atoms with Gasteiger partial charge >= 0.3 is 0 Å². The van der Waals surface area contributed by atoms with E-state index in [4.69, 9.17) is 0 Å². The zero-order chi connectivity index (χ0) is 12.4. The van der Waals surface area contributed by atoms with Crippen LogP contribution in [0.5, 0.6) is 5.75 Å². The SMILES string of the molecule is Cc1nc(NC(=O)c2ccc(I)c(O)c2)n[nH]1. The molecule has 1 heterocycles. The second kappa shape index (κ2) is 4.70. The Balaban J connectivity index is 2.17. The average Bonchev–Trinajstić information content (AvgIpc) is 2.68. The summed E-state index contributed by atoms with van der Waals surface area (Å²) < 4.78 is 0.688. The van der Waals surface area contributed by atoms with E-state index in [0.717, 1.165) is 0 Å². The number of carbonyl (C=O) groups excluding carboxylic acids is 1. The first kappa shape index (κ1) is 11.8. The Hall–Kier alpha value is -1.64. The minimum Gasteiger partial charge on any atom is -0.507 e. The number of amides is 1. The van der Waals surface area contributed by atoms with Gasteiger partial charge in [-0.15, -0.1) is 5.10 Å². The molecule has 0 fully saturated rings. The van der Waals surface area contributed by atoms with Gasteiger partial charge in [-0.25, -0.2) is 0 Å². The van der Waals surface area contributed by atoms with Gasteiger partial charge in [-0.05, 0) is 47.7 Å². The van der Waals surface area contributed by atoms with Crippen LogP contribution in [0.4, 0.5) is 5.95 Å². The van der Waals surface area contributed by atoms with Crippen LogP contribution in [0.2, 0.25) is 0 Å². The first-order valence-electron chi connectivity index (χ1n) is 4.75. The molecule has 0 unspecified atom stereocenters. The fourth-order valence-corrected chi connectivity index (χ4v) is 1.56. The number of benzene rings is 1. The van der Waals surface area contributed by atoms with Crippen LogP contribution >= 0.6 is 22.6 Å². The van der Waals surface area contributed by atoms with E-state index < -0.39 is 0 Å². The number of hydrogen-bond donors (Lipinski definition) is 3. The third-order valence-electron chi connectivity index (χ3n) is 2.03. The van der Waals surface area contributed by atoms with E-state index in [1.807, 2.05) is 22.6 Å². The number of aromatic nitrogens is 3. The van der Waals surface area contributed by atoms with Gasteiger partial charge in [0.25, 0.3) is 5.91 Å². The molecule has 0 spiro atoms. The highest BCUT2D eigenvalue weighted by atomic mass is 127. The van der Waals surface area contributed by atoms with Crippen molar-refractivity contribution in [2.24, 2.45) is 0 Å². The molecule has 0 radical (unpaired) electrons. The van der Waals surface area contributed by atoms with Gasteiger partial charge in [0.05, 0.1) is 3.57 Å². The minimum atomic E-state index is -0.365. The summed E-state index contributed by atoms with van der Waals surface area (Å²) in [5.74, 6) is 0.538. The molecule has 88 valence electrons. The number of rotatable bonds is 2. The second-order valence-corrected chi connectivity index (χ2v) is 4.53. The number of aryl methyl sites for hydroxylation is 1. The standard InChI is InChI=1S/C10H9IN4O2/c1-5-12-10(15-14-5)13-9(17)6-2-3-7(11)8(16)4-6/h2-4,16H,1H3,(H2,12,13,14,15,17). The molecule has 0 bridgehead atoms. The molecule has 0 atom stereocenters. The Labute approximate surface area is 111 Å². The van der Waals surface area contributed by atoms with E-state index in [0.29, 0.717) is 15.0 Å². The van der Waals surface area contributed by atoms with E-state index in [1.165, 1.54) is 6.07 Å². The van der Waals surface area contributed by atoms with E-state index in [1.54, 1.807) is 19.1 Å². The molecule has 0 aliphatic heterocycles. The van der Waals surface area contributed by atoms with Crippen LogP contribution in [0.3, 0.4) is 0 Å². The number of aromatic amines is 1. The number of anilines is 1. The van der Waals surface area contributed by atoms with Gasteiger partial charge in [0.1, 0.15) is 11.6 Å². The molecular weight excluding hydrogens is 335 g/mol. The van der Waals surface area contributed by atoms with Crippen molar-refractivity contribution in [3.63, 3.8) is 0 Å². The van der Waals surface area contributed by atoms with Crippen LogP contribution in [-0.2, 0) is 0 Å². The summed E-state index contributed by atoms with van der Waals surface area (Å²) in [5, 5.41) is 18.4. The summed E-state index contributed by atoms with van der Waals surface area (Å²) in [4.78, 5) is 15.7. The van der Waals surface area contributed by atoms with Crippen molar-refractivity contribution >= 4 is 34.4 Å². The van der Waals surface area contributed by atoms with E-state index >= 15 is 0 Å². The third kappa shape index (κ3) is 2.73. The van der Waals surface area contributed by atoms with Gasteiger partial charge in [-0.3, -0.25) is 15.2 Å². The first-order chi connectivity index (χ1) is 8.06. The van der Waals surface area contributed by atoms with Gasteiger partial charge in [-0.1, -0.05) is 0 Å². The summed E-state index contributed by atoms with van der Waals surface area (Å²) in [6.45, 7) is 1.74. The molecule has 0 aliphatic carbocycles. The van der Waals surface area contributed by atoms with E-state index in [-0.39, 0.29) is 17.6 Å². The number of aromatic hydroxyl groups is 1. The summed E-state index contributed by atoms with van der Waals surface area (Å²) in [5.41, 5.74) is 0.352. The van der Waals surface area contributed by atoms with Crippen molar-refractivity contribution in [2.45, 2.75) is 6.92 Å². The monoisotopic (exact) mass is 344 g/mol. The van der Waals surface area contributed by atoms with Crippen molar-refractivity contribution in [3.8, 4) is 5.75 Å². The molecule has 1 aromatic carbocycles. The molecule has 2 rings (SSSR count). The summed E-state index contributed by atoms with van der Waals surface area (Å²) in [6, 6.07) is 4.68. The van der Waals surface area contributed by atoms with Gasteiger partial charge in [0, 0.05) is 5.56 Å². The lowest BCUT2D eigenvalue weighted by Crippen LogP contribution is -2.13. The number of phenols is 1. The van der Waals surface area contributed by atoms with E-state index in [9.17, 15) is 9.90 Å². The summed E-state index contributed by atoms with van der Waals surface area (Å²) in [6.07, 6.45) is 0. The molecule has 1 aromatic heterocycles. The van der Waals surface area contributed by atoms with Crippen molar-refractivity contribution in [1.29, 1.82) is 0 Å². The molecule has 6 nitrogen and oxygen atoms in total. The number of halogens is 1. The van der Waals surface area contributed by atoms with E-state index in [2.05, 4.69) is 20.5 Å². The van der Waals surface area contributed by atoms with Gasteiger partial charge < -0.3 is 5.11 Å². The highest BCUT2D eigenvalue weighted by Crippen LogP contribution is 2.20. The lowest BCUT2D eigenvalue weighted by atomic mass is 10.2. The molecule has 2 aromatic rings. The minimum absolute atomic E-state index is 0.0735. The quantitative estimate of drug-likeness (QED) is 0.723. The molecule has 0 saturated heterocycles. The number of H-pyrrole nitrogens is 1. The van der Waals surface area contributed by atoms with Crippen LogP contribution < -0.4 is 5.32 Å². The fourth-order valence-electron chi connectivity index (χ4n) is 1.23. The van der Waals surface area contributed by atoms with Gasteiger partial charge in [0.2, 0.25) is 5.95 Å². The van der Waals surface area contributed by atoms with Gasteiger partial charge in [-0.2, -0.15) is 4.98 Å². The Morgan fingerprint density at radius 1 is 1.53 bits per heavy atom. The van der Waals surface area contributed by atoms with Crippen LogP contribution in [0.15, 0.2) is 18.2 Å². The maximum atomic E-state index is 11.8. The maximum Gasteiger partial charge on any atom is 0.258 e. The topological polar surface area (TPSA) is 90.9 Å². The lowest BCUT2D eigenvalue weighted by Gasteiger charge is -2.02. The lowest BCUT2D eigenvalue weighted by molar-refractivity contribution is 0.102. The van der Waals surface area contributed by atoms with Crippen molar-refractivity contribution < 1.29 is 9.90 Å². The molecule has 0 saturated carbocycles. The van der Waals surface area contributed by atoms with Crippen molar-refractivity contribution in [1.82, 2.24) is 15.2 Å². The largest absolute Gasteiger partial charge is 0.507 e. The van der Waals surface area contributed by atoms with Gasteiger partial charge in [0.15, 0.2) is 0 Å². The third-order valence-corrected chi connectivity index (χ3v) is 2.94. The second-order valence-electron chi connectivity index (χ2n) is 3.36. The van der Waals surface area contributed by atoms with Crippen molar-refractivity contribution in [3.05, 3.63) is 33.2 Å². The van der Waals surface area contributed by atoms with Crippen LogP contribution in [-0.4, -0.2) is 26.2 Å². The Bertz CT molecular complexity index is 567. The maximum absolute atomic E-state index is 11.8. The summed E-state index contributed by atoms with van der Waals surface area (Å²) >= 11 is 1.98. The molecule has 17 heavy (non-hydrogen) atoms. The number of nitrogens with zero attached hydrogens (tertiary/aromatic N) is 2. The summed E-state index contributed by atoms with van der Waals surface area (Å²) in [7, 11) is 0. The number of phenolic OH excluding ortho intramolecular Hbond substituents is 1. The Morgan fingerprint density at radius 3 is 2.88 bits per heavy atom. The van der Waals surface area contributed by atoms with Crippen molar-refractivity contribution in [2.75, 3.05) is 5.32 Å². The smallest absolute Gasteiger partial charge is 0.258 e. The normalized spacial score (nSPS) is 10.2. The number of nitrogens with one attached hydrogen (secondary N) is 2. The molecular formula is C10H9IN4O2. The highest BCUT2D eigenvalue weighted by Gasteiger charge is 2.10. The van der Waals surface area contributed by atoms with Crippen LogP contribution in [0.1, 0.15) is 16.2 Å². The Morgan fingerprint density at radius 2 is 2.29 bits per heavy atom. The van der Waals surface area contributed by atoms with Crippen LogP contribution in [0, 0.1) is 10.5 Å². The molecule has 3 N–H and O–H groups in total. The predicted octanol–water partition coefficient (Wildman–Crippen LogP) is 1.68. The number of hydrogen-bond acceptors (Lipinski definition) is 4. The van der Waals surface area contributed by atoms with Crippen LogP contribution in [0.25, 0.3) is 0 Å². The average molecular weight is 344 g/mol. The molecule has 1 amide bonds. The zero-order valence-electron chi connectivity index (χ0n) is 8.86. The first-order valence-corrected chi connectivity index (χ1v) is 5.83. The zero-order valence-corrected chi connectivity index (χ0v) is 11.0. The highest BCUT2D eigenvalue weighted by molar-refractivity contribution is 14.1. The Kier molecular flexibility index (Phi) is 3.27.